The van der Waals surface area contributed by atoms with Crippen LogP contribution < -0.4 is 9.64 Å². The second kappa shape index (κ2) is 17.2. The third-order valence-corrected chi connectivity index (χ3v) is 12.4. The molecule has 0 saturated heterocycles. The largest absolute Gasteiger partial charge is 0.481 e. The first-order valence-electron chi connectivity index (χ1n) is 19.7. The summed E-state index contributed by atoms with van der Waals surface area (Å²) in [4.78, 5) is 13.6. The Kier molecular flexibility index (Phi) is 12.8. The van der Waals surface area contributed by atoms with Gasteiger partial charge in [-0.1, -0.05) is 51.5 Å². The number of hydrogen-bond acceptors (Lipinski definition) is 5. The number of carboxylic acids is 1. The Bertz CT molecular complexity index is 2060. The smallest absolute Gasteiger partial charge is 0.303 e. The molecule has 0 bridgehead atoms. The van der Waals surface area contributed by atoms with Gasteiger partial charge in [-0.05, 0) is 81.6 Å². The Hall–Kier alpha value is -4.03. The lowest BCUT2D eigenvalue weighted by Gasteiger charge is -2.40. The SMILES string of the molecule is COS(=O)CCCCC1(C)C(/C=C/C=C/C=C2\C=C(C(C)(C)C)Oc3c2cc2c4c3CCCN4CCC2)=[N+](CCCCCC(=O)O)c2c(F)c(F)c(F)c(F)c21. The lowest BCUT2D eigenvalue weighted by molar-refractivity contribution is -0.441. The van der Waals surface area contributed by atoms with Gasteiger partial charge in [-0.3, -0.25) is 8.98 Å². The molecule has 7 nitrogen and oxygen atoms in total. The molecule has 4 aliphatic rings. The normalized spacial score (nSPS) is 20.4. The van der Waals surface area contributed by atoms with Gasteiger partial charge in [0.1, 0.15) is 18.1 Å². The van der Waals surface area contributed by atoms with Crippen LogP contribution in [0.1, 0.15) is 108 Å². The van der Waals surface area contributed by atoms with Gasteiger partial charge in [0.25, 0.3) is 5.69 Å². The maximum Gasteiger partial charge on any atom is 0.303 e. The molecule has 0 radical (unpaired) electrons. The Morgan fingerprint density at radius 1 is 1.00 bits per heavy atom. The quantitative estimate of drug-likeness (QED) is 0.0483. The van der Waals surface area contributed by atoms with Crippen LogP contribution >= 0.6 is 0 Å². The van der Waals surface area contributed by atoms with Crippen molar-refractivity contribution in [3.63, 3.8) is 0 Å². The fourth-order valence-electron chi connectivity index (χ4n) is 8.59. The average Bonchev–Trinajstić information content (AvgIpc) is 3.41. The van der Waals surface area contributed by atoms with E-state index in [9.17, 15) is 17.8 Å². The van der Waals surface area contributed by atoms with Crippen molar-refractivity contribution in [3.8, 4) is 5.75 Å². The number of allylic oxidation sites excluding steroid dienone is 8. The van der Waals surface area contributed by atoms with Gasteiger partial charge in [0, 0.05) is 60.0 Å². The molecule has 0 aromatic heterocycles. The number of unbranched alkanes of at least 4 members (excludes halogenated alkanes) is 3. The number of carboxylic acid groups (broad SMARTS) is 1. The van der Waals surface area contributed by atoms with Crippen LogP contribution in [0.4, 0.5) is 28.9 Å². The summed E-state index contributed by atoms with van der Waals surface area (Å²) >= 11 is -1.51. The van der Waals surface area contributed by atoms with E-state index in [1.54, 1.807) is 19.1 Å². The number of carbonyl (C=O) groups is 1. The zero-order valence-corrected chi connectivity index (χ0v) is 33.9. The zero-order valence-electron chi connectivity index (χ0n) is 33.0. The fraction of sp³-hybridized carbons (Fsp3) is 0.500. The summed E-state index contributed by atoms with van der Waals surface area (Å²) in [7, 11) is 1.34. The fourth-order valence-corrected chi connectivity index (χ4v) is 9.19. The molecule has 2 unspecified atom stereocenters. The highest BCUT2D eigenvalue weighted by atomic mass is 32.2. The van der Waals surface area contributed by atoms with Crippen molar-refractivity contribution in [1.29, 1.82) is 0 Å². The Morgan fingerprint density at radius 3 is 2.45 bits per heavy atom. The number of aliphatic carboxylic acids is 1. The summed E-state index contributed by atoms with van der Waals surface area (Å²) in [6.07, 6.45) is 17.8. The molecule has 56 heavy (non-hydrogen) atoms. The van der Waals surface area contributed by atoms with Crippen molar-refractivity contribution in [1.82, 2.24) is 0 Å². The summed E-state index contributed by atoms with van der Waals surface area (Å²) in [5, 5.41) is 9.10. The first-order valence-corrected chi connectivity index (χ1v) is 21.0. The lowest BCUT2D eigenvalue weighted by atomic mass is 9.75. The van der Waals surface area contributed by atoms with Crippen molar-refractivity contribution in [3.05, 3.63) is 93.8 Å². The van der Waals surface area contributed by atoms with Crippen LogP contribution in [0.5, 0.6) is 5.75 Å². The molecule has 302 valence electrons. The molecular weight excluding hydrogens is 745 g/mol. The van der Waals surface area contributed by atoms with E-state index in [4.69, 9.17) is 14.0 Å². The molecule has 0 saturated carbocycles. The predicted molar refractivity (Wildman–Crippen MR) is 213 cm³/mol. The van der Waals surface area contributed by atoms with Crippen molar-refractivity contribution in [2.24, 2.45) is 5.41 Å². The second-order valence-corrected chi connectivity index (χ2v) is 17.7. The van der Waals surface area contributed by atoms with Gasteiger partial charge in [-0.25, -0.2) is 17.4 Å². The molecule has 2 atom stereocenters. The Morgan fingerprint density at radius 2 is 1.73 bits per heavy atom. The van der Waals surface area contributed by atoms with Crippen molar-refractivity contribution in [2.45, 2.75) is 104 Å². The summed E-state index contributed by atoms with van der Waals surface area (Å²) in [5.41, 5.74) is 4.35. The van der Waals surface area contributed by atoms with E-state index >= 15 is 8.78 Å². The molecule has 4 heterocycles. The number of halogens is 4. The highest BCUT2D eigenvalue weighted by Gasteiger charge is 2.53. The Labute approximate surface area is 330 Å². The maximum absolute atomic E-state index is 15.9. The highest BCUT2D eigenvalue weighted by Crippen LogP contribution is 2.50. The van der Waals surface area contributed by atoms with Gasteiger partial charge in [0.2, 0.25) is 11.6 Å². The highest BCUT2D eigenvalue weighted by molar-refractivity contribution is 7.80. The summed E-state index contributed by atoms with van der Waals surface area (Å²) in [6.45, 7) is 10.3. The number of benzene rings is 2. The number of rotatable bonds is 15. The number of hydrogen-bond donors (Lipinski definition) is 1. The third kappa shape index (κ3) is 8.33. The van der Waals surface area contributed by atoms with Gasteiger partial charge in [-0.15, -0.1) is 0 Å². The first-order chi connectivity index (χ1) is 26.7. The van der Waals surface area contributed by atoms with Crippen LogP contribution in [0.25, 0.3) is 5.57 Å². The molecule has 12 heteroatoms. The van der Waals surface area contributed by atoms with E-state index in [-0.39, 0.29) is 41.8 Å². The topological polar surface area (TPSA) is 79.1 Å². The van der Waals surface area contributed by atoms with Crippen molar-refractivity contribution >= 4 is 39.7 Å². The van der Waals surface area contributed by atoms with Crippen LogP contribution in [0.3, 0.4) is 0 Å². The van der Waals surface area contributed by atoms with Crippen LogP contribution in [0.15, 0.2) is 48.3 Å². The summed E-state index contributed by atoms with van der Waals surface area (Å²) in [5.74, 6) is -5.57. The minimum absolute atomic E-state index is 0.0397. The molecule has 0 spiro atoms. The van der Waals surface area contributed by atoms with Gasteiger partial charge >= 0.3 is 5.97 Å². The maximum atomic E-state index is 15.9. The molecule has 1 N–H and O–H groups in total. The van der Waals surface area contributed by atoms with Crippen LogP contribution in [-0.2, 0) is 38.3 Å². The minimum atomic E-state index is -1.88. The number of nitrogens with zero attached hydrogens (tertiary/aromatic N) is 2. The van der Waals surface area contributed by atoms with E-state index in [2.05, 4.69) is 37.8 Å². The standard InChI is InChI=1S/C44H52F4N2O5S/c1-43(2,3)33-27-28(31-26-29-17-14-22-49-23-15-18-30(40(29)49)42(31)55-33)16-8-6-9-19-32-44(4,21-11-13-25-56(53)54-5)35-36(45)37(46)38(47)39(48)41(35)50(32)24-12-7-10-20-34(51)52/h6,8-9,16,19,26-27H,7,10-15,17-18,20-25H2,1-5H3/p+1. The van der Waals surface area contributed by atoms with E-state index in [1.165, 1.54) is 28.5 Å². The number of fused-ring (bicyclic) bond motifs is 3. The summed E-state index contributed by atoms with van der Waals surface area (Å²) in [6, 6.07) is 2.27. The second-order valence-electron chi connectivity index (χ2n) is 16.3. The zero-order chi connectivity index (χ0) is 40.4. The van der Waals surface area contributed by atoms with Crippen molar-refractivity contribution < 1.29 is 45.2 Å². The average molecular weight is 798 g/mol. The summed E-state index contributed by atoms with van der Waals surface area (Å²) < 4.78 is 86.5. The van der Waals surface area contributed by atoms with E-state index in [0.717, 1.165) is 61.4 Å². The van der Waals surface area contributed by atoms with Crippen LogP contribution in [0.2, 0.25) is 0 Å². The Balaban J connectivity index is 1.39. The molecular formula is C44H53F4N2O5S+. The molecule has 6 rings (SSSR count). The predicted octanol–water partition coefficient (Wildman–Crippen LogP) is 9.94. The number of anilines is 1. The lowest BCUT2D eigenvalue weighted by Crippen LogP contribution is -2.35. The molecule has 0 fully saturated rings. The third-order valence-electron chi connectivity index (χ3n) is 11.4. The first kappa shape index (κ1) is 41.6. The molecule has 0 amide bonds. The van der Waals surface area contributed by atoms with Crippen LogP contribution in [-0.4, -0.2) is 58.1 Å². The number of aryl methyl sites for hydroxylation is 1. The van der Waals surface area contributed by atoms with Gasteiger partial charge in [0.05, 0.1) is 18.1 Å². The minimum Gasteiger partial charge on any atom is -0.481 e. The molecule has 0 aliphatic carbocycles. The van der Waals surface area contributed by atoms with Crippen LogP contribution in [0, 0.1) is 28.7 Å². The van der Waals surface area contributed by atoms with Gasteiger partial charge in [-0.2, -0.15) is 8.97 Å². The van der Waals surface area contributed by atoms with Gasteiger partial charge in [0.15, 0.2) is 28.4 Å². The van der Waals surface area contributed by atoms with Gasteiger partial charge < -0.3 is 14.7 Å². The molecule has 4 aliphatic heterocycles. The van der Waals surface area contributed by atoms with E-state index < -0.39 is 45.7 Å². The number of ether oxygens (including phenoxy) is 1. The monoisotopic (exact) mass is 797 g/mol. The molecule has 2 aromatic carbocycles. The van der Waals surface area contributed by atoms with Crippen molar-refractivity contribution in [2.75, 3.05) is 37.4 Å². The van der Waals surface area contributed by atoms with E-state index in [0.29, 0.717) is 37.8 Å². The molecule has 2 aromatic rings. The van der Waals surface area contributed by atoms with E-state index in [1.807, 2.05) is 18.2 Å².